The van der Waals surface area contributed by atoms with E-state index in [4.69, 9.17) is 4.74 Å². The van der Waals surface area contributed by atoms with Crippen LogP contribution in [0.3, 0.4) is 0 Å². The van der Waals surface area contributed by atoms with Gasteiger partial charge in [-0.05, 0) is 55.3 Å². The van der Waals surface area contributed by atoms with Gasteiger partial charge in [0.2, 0.25) is 0 Å². The number of nitrogens with one attached hydrogen (secondary N) is 1. The summed E-state index contributed by atoms with van der Waals surface area (Å²) >= 11 is 0. The number of benzene rings is 1. The molecule has 2 nitrogen and oxygen atoms in total. The van der Waals surface area contributed by atoms with E-state index in [0.717, 1.165) is 11.7 Å². The van der Waals surface area contributed by atoms with Gasteiger partial charge in [-0.15, -0.1) is 0 Å². The molecule has 0 bridgehead atoms. The van der Waals surface area contributed by atoms with Crippen molar-refractivity contribution in [2.24, 2.45) is 5.92 Å². The first kappa shape index (κ1) is 10.2. The van der Waals surface area contributed by atoms with Gasteiger partial charge in [-0.25, -0.2) is 0 Å². The van der Waals surface area contributed by atoms with Crippen molar-refractivity contribution in [3.8, 4) is 5.75 Å². The van der Waals surface area contributed by atoms with Crippen LogP contribution in [0.2, 0.25) is 0 Å². The quantitative estimate of drug-likeness (QED) is 0.778. The summed E-state index contributed by atoms with van der Waals surface area (Å²) in [6.07, 6.45) is 5.06. The maximum Gasteiger partial charge on any atom is 0.122 e. The smallest absolute Gasteiger partial charge is 0.122 e. The molecule has 1 saturated heterocycles. The van der Waals surface area contributed by atoms with Gasteiger partial charge in [-0.1, -0.05) is 12.1 Å². The molecular formula is C14H19NO. The summed E-state index contributed by atoms with van der Waals surface area (Å²) in [7, 11) is 1.78. The minimum Gasteiger partial charge on any atom is -0.496 e. The molecule has 1 fully saturated rings. The van der Waals surface area contributed by atoms with Crippen LogP contribution >= 0.6 is 0 Å². The highest BCUT2D eigenvalue weighted by Crippen LogP contribution is 2.35. The average Bonchev–Trinajstić information content (AvgIpc) is 2.35. The first-order valence-electron chi connectivity index (χ1n) is 6.26. The minimum absolute atomic E-state index is 0.702. The van der Waals surface area contributed by atoms with Gasteiger partial charge in [0.15, 0.2) is 0 Å². The highest BCUT2D eigenvalue weighted by Gasteiger charge is 2.31. The first-order valence-corrected chi connectivity index (χ1v) is 6.26. The van der Waals surface area contributed by atoms with Crippen molar-refractivity contribution in [3.63, 3.8) is 0 Å². The third-order valence-corrected chi connectivity index (χ3v) is 4.08. The number of rotatable bonds is 1. The van der Waals surface area contributed by atoms with E-state index < -0.39 is 0 Å². The van der Waals surface area contributed by atoms with Gasteiger partial charge in [0, 0.05) is 6.04 Å². The van der Waals surface area contributed by atoms with Gasteiger partial charge in [0.05, 0.1) is 7.11 Å². The van der Waals surface area contributed by atoms with Crippen LogP contribution in [0.4, 0.5) is 0 Å². The Bertz CT molecular complexity index is 388. The van der Waals surface area contributed by atoms with Gasteiger partial charge in [-0.2, -0.15) is 0 Å². The fourth-order valence-electron chi connectivity index (χ4n) is 3.23. The Labute approximate surface area is 97.0 Å². The Morgan fingerprint density at radius 1 is 1.31 bits per heavy atom. The Morgan fingerprint density at radius 2 is 2.25 bits per heavy atom. The van der Waals surface area contributed by atoms with Crippen LogP contribution in [0.5, 0.6) is 5.75 Å². The second-order valence-corrected chi connectivity index (χ2v) is 4.97. The zero-order chi connectivity index (χ0) is 11.0. The molecular weight excluding hydrogens is 198 g/mol. The lowest BCUT2D eigenvalue weighted by Gasteiger charge is -2.37. The third kappa shape index (κ3) is 1.61. The summed E-state index contributed by atoms with van der Waals surface area (Å²) in [6.45, 7) is 1.19. The molecule has 2 atom stereocenters. The topological polar surface area (TPSA) is 21.3 Å². The molecule has 0 saturated carbocycles. The molecule has 1 heterocycles. The largest absolute Gasteiger partial charge is 0.496 e. The molecule has 1 aromatic rings. The minimum atomic E-state index is 0.702. The van der Waals surface area contributed by atoms with Gasteiger partial charge in [0.25, 0.3) is 0 Å². The number of ether oxygens (including phenoxy) is 1. The predicted octanol–water partition coefficient (Wildman–Crippen LogP) is 2.16. The molecule has 1 N–H and O–H groups in total. The van der Waals surface area contributed by atoms with Gasteiger partial charge >= 0.3 is 0 Å². The van der Waals surface area contributed by atoms with E-state index in [2.05, 4.69) is 23.5 Å². The predicted molar refractivity (Wildman–Crippen MR) is 64.9 cm³/mol. The van der Waals surface area contributed by atoms with E-state index in [-0.39, 0.29) is 0 Å². The fourth-order valence-corrected chi connectivity index (χ4v) is 3.23. The first-order chi connectivity index (χ1) is 7.88. The molecule has 16 heavy (non-hydrogen) atoms. The van der Waals surface area contributed by atoms with Crippen molar-refractivity contribution in [1.82, 2.24) is 5.32 Å². The summed E-state index contributed by atoms with van der Waals surface area (Å²) in [6, 6.07) is 7.16. The molecule has 0 unspecified atom stereocenters. The Kier molecular flexibility index (Phi) is 2.60. The van der Waals surface area contributed by atoms with Crippen LogP contribution in [0.1, 0.15) is 24.0 Å². The van der Waals surface area contributed by atoms with Crippen LogP contribution < -0.4 is 10.1 Å². The number of hydrogen-bond acceptors (Lipinski definition) is 2. The van der Waals surface area contributed by atoms with E-state index in [1.807, 2.05) is 0 Å². The molecule has 0 spiro atoms. The number of methoxy groups -OCH3 is 1. The molecule has 3 rings (SSSR count). The summed E-state index contributed by atoms with van der Waals surface area (Å²) in [4.78, 5) is 0. The molecule has 1 aromatic carbocycles. The second-order valence-electron chi connectivity index (χ2n) is 4.97. The van der Waals surface area contributed by atoms with Crippen LogP contribution in [0.25, 0.3) is 0 Å². The Morgan fingerprint density at radius 3 is 3.12 bits per heavy atom. The Hall–Kier alpha value is -1.02. The fraction of sp³-hybridized carbons (Fsp3) is 0.571. The van der Waals surface area contributed by atoms with Crippen molar-refractivity contribution in [1.29, 1.82) is 0 Å². The zero-order valence-electron chi connectivity index (χ0n) is 9.83. The molecule has 0 radical (unpaired) electrons. The van der Waals surface area contributed by atoms with Gasteiger partial charge in [0.1, 0.15) is 5.75 Å². The number of fused-ring (bicyclic) bond motifs is 2. The second kappa shape index (κ2) is 4.10. The SMILES string of the molecule is COc1cccc2c1C[C@H]1CCCN[C@@H]1C2. The molecule has 2 heteroatoms. The van der Waals surface area contributed by atoms with Crippen molar-refractivity contribution < 1.29 is 4.74 Å². The van der Waals surface area contributed by atoms with Crippen LogP contribution in [0, 0.1) is 5.92 Å². The van der Waals surface area contributed by atoms with Crippen LogP contribution in [-0.2, 0) is 12.8 Å². The van der Waals surface area contributed by atoms with Gasteiger partial charge < -0.3 is 10.1 Å². The lowest BCUT2D eigenvalue weighted by Crippen LogP contribution is -2.46. The van der Waals surface area contributed by atoms with Crippen molar-refractivity contribution in [3.05, 3.63) is 29.3 Å². The number of hydrogen-bond donors (Lipinski definition) is 1. The zero-order valence-corrected chi connectivity index (χ0v) is 9.83. The lowest BCUT2D eigenvalue weighted by atomic mass is 9.76. The molecule has 86 valence electrons. The van der Waals surface area contributed by atoms with E-state index in [1.54, 1.807) is 7.11 Å². The van der Waals surface area contributed by atoms with E-state index in [1.165, 1.54) is 43.4 Å². The summed E-state index contributed by atoms with van der Waals surface area (Å²) < 4.78 is 5.47. The van der Waals surface area contributed by atoms with Crippen molar-refractivity contribution in [2.75, 3.05) is 13.7 Å². The van der Waals surface area contributed by atoms with Crippen LogP contribution in [-0.4, -0.2) is 19.7 Å². The Balaban J connectivity index is 1.95. The molecule has 0 aromatic heterocycles. The average molecular weight is 217 g/mol. The monoisotopic (exact) mass is 217 g/mol. The molecule has 0 amide bonds. The van der Waals surface area contributed by atoms with Crippen molar-refractivity contribution in [2.45, 2.75) is 31.7 Å². The summed E-state index contributed by atoms with van der Waals surface area (Å²) in [5, 5.41) is 3.66. The van der Waals surface area contributed by atoms with E-state index in [9.17, 15) is 0 Å². The maximum atomic E-state index is 5.47. The van der Waals surface area contributed by atoms with Crippen LogP contribution in [0.15, 0.2) is 18.2 Å². The highest BCUT2D eigenvalue weighted by molar-refractivity contribution is 5.43. The maximum absolute atomic E-state index is 5.47. The summed E-state index contributed by atoms with van der Waals surface area (Å²) in [5.41, 5.74) is 2.94. The highest BCUT2D eigenvalue weighted by atomic mass is 16.5. The van der Waals surface area contributed by atoms with Gasteiger partial charge in [-0.3, -0.25) is 0 Å². The third-order valence-electron chi connectivity index (χ3n) is 4.08. The normalized spacial score (nSPS) is 28.1. The number of piperidine rings is 1. The molecule has 2 aliphatic rings. The lowest BCUT2D eigenvalue weighted by molar-refractivity contribution is 0.259. The van der Waals surface area contributed by atoms with E-state index >= 15 is 0 Å². The molecule has 1 aliphatic carbocycles. The summed E-state index contributed by atoms with van der Waals surface area (Å²) in [5.74, 6) is 1.90. The standard InChI is InChI=1S/C14H19NO/c1-16-14-6-2-4-10-9-13-11(8-12(10)14)5-3-7-15-13/h2,4,6,11,13,15H,3,5,7-9H2,1H3/t11-,13-/m1/s1. The van der Waals surface area contributed by atoms with E-state index in [0.29, 0.717) is 6.04 Å². The van der Waals surface area contributed by atoms with Crippen molar-refractivity contribution >= 4 is 0 Å². The molecule has 1 aliphatic heterocycles.